The van der Waals surface area contributed by atoms with Gasteiger partial charge in [-0.1, -0.05) is 60.8 Å². The summed E-state index contributed by atoms with van der Waals surface area (Å²) in [5.74, 6) is 3.40. The van der Waals surface area contributed by atoms with Crippen LogP contribution in [0, 0.1) is 23.7 Å². The maximum Gasteiger partial charge on any atom is 0.101 e. The van der Waals surface area contributed by atoms with Crippen LogP contribution in [0.15, 0.2) is 12.3 Å². The normalized spacial score (nSPS) is 24.1. The highest BCUT2D eigenvalue weighted by Gasteiger charge is 2.56. The zero-order chi connectivity index (χ0) is 19.3. The molecule has 1 aliphatic rings. The minimum absolute atomic E-state index is 0.476. The molecule has 0 aromatic carbocycles. The van der Waals surface area contributed by atoms with Crippen molar-refractivity contribution in [1.29, 1.82) is 0 Å². The predicted octanol–water partition coefficient (Wildman–Crippen LogP) is 7.42. The summed E-state index contributed by atoms with van der Waals surface area (Å²) in [7, 11) is 2.50. The van der Waals surface area contributed by atoms with E-state index in [-0.39, 0.29) is 0 Å². The monoisotopic (exact) mass is 350 g/mol. The summed E-state index contributed by atoms with van der Waals surface area (Å²) in [5.41, 5.74) is 0.476. The van der Waals surface area contributed by atoms with Crippen LogP contribution in [0.2, 0.25) is 0 Å². The first-order valence-corrected chi connectivity index (χ1v) is 11.2. The van der Waals surface area contributed by atoms with Gasteiger partial charge in [-0.3, -0.25) is 4.48 Å². The average Bonchev–Trinajstić information content (AvgIpc) is 3.32. The molecule has 1 heteroatoms. The van der Waals surface area contributed by atoms with E-state index in [0.717, 1.165) is 34.2 Å². The van der Waals surface area contributed by atoms with Gasteiger partial charge in [0.1, 0.15) is 5.54 Å². The Morgan fingerprint density at radius 3 is 1.92 bits per heavy atom. The number of allylic oxidation sites excluding steroid dienone is 1. The van der Waals surface area contributed by atoms with Crippen LogP contribution >= 0.6 is 0 Å². The molecule has 0 heterocycles. The molecule has 1 nitrogen and oxygen atoms in total. The van der Waals surface area contributed by atoms with Gasteiger partial charge in [0.05, 0.1) is 19.3 Å². The van der Waals surface area contributed by atoms with Crippen molar-refractivity contribution in [2.24, 2.45) is 23.7 Å². The second-order valence-corrected chi connectivity index (χ2v) is 9.64. The zero-order valence-corrected chi connectivity index (χ0v) is 18.9. The van der Waals surface area contributed by atoms with Crippen LogP contribution in [0.1, 0.15) is 100 Å². The van der Waals surface area contributed by atoms with Crippen molar-refractivity contribution < 1.29 is 4.48 Å². The molecule has 0 aromatic rings. The Hall–Kier alpha value is -0.300. The third kappa shape index (κ3) is 5.12. The van der Waals surface area contributed by atoms with Gasteiger partial charge in [0.25, 0.3) is 0 Å². The molecule has 0 aliphatic heterocycles. The van der Waals surface area contributed by atoms with Crippen LogP contribution < -0.4 is 0 Å². The Kier molecular flexibility index (Phi) is 8.72. The Labute approximate surface area is 159 Å². The Balaban J connectivity index is 2.93. The van der Waals surface area contributed by atoms with Crippen molar-refractivity contribution in [3.63, 3.8) is 0 Å². The van der Waals surface area contributed by atoms with Crippen molar-refractivity contribution in [1.82, 2.24) is 0 Å². The second kappa shape index (κ2) is 9.58. The second-order valence-electron chi connectivity index (χ2n) is 9.64. The van der Waals surface area contributed by atoms with Crippen LogP contribution in [0.3, 0.4) is 0 Å². The first-order chi connectivity index (χ1) is 11.7. The molecule has 5 atom stereocenters. The number of nitrogens with zero attached hydrogens (tertiary/aromatic N) is 1. The molecule has 25 heavy (non-hydrogen) atoms. The smallest absolute Gasteiger partial charge is 0.101 e. The highest BCUT2D eigenvalue weighted by Crippen LogP contribution is 2.50. The van der Waals surface area contributed by atoms with Gasteiger partial charge in [0.15, 0.2) is 0 Å². The topological polar surface area (TPSA) is 0 Å². The molecule has 0 bridgehead atoms. The molecule has 1 rings (SSSR count). The van der Waals surface area contributed by atoms with Crippen molar-refractivity contribution in [2.75, 3.05) is 7.05 Å². The van der Waals surface area contributed by atoms with E-state index >= 15 is 0 Å². The van der Waals surface area contributed by atoms with Crippen molar-refractivity contribution in [2.45, 2.75) is 112 Å². The predicted molar refractivity (Wildman–Crippen MR) is 114 cm³/mol. The largest absolute Gasteiger partial charge is 0.293 e. The number of quaternary nitrogens is 1. The maximum atomic E-state index is 2.51. The van der Waals surface area contributed by atoms with Crippen molar-refractivity contribution in [3.8, 4) is 0 Å². The van der Waals surface area contributed by atoms with Gasteiger partial charge in [-0.2, -0.15) is 0 Å². The molecule has 1 saturated carbocycles. The lowest BCUT2D eigenvalue weighted by Crippen LogP contribution is -2.57. The highest BCUT2D eigenvalue weighted by molar-refractivity contribution is 4.96. The third-order valence-electron chi connectivity index (χ3n) is 7.86. The van der Waals surface area contributed by atoms with E-state index in [0.29, 0.717) is 5.54 Å². The maximum absolute atomic E-state index is 2.51. The average molecular weight is 351 g/mol. The number of hydrogen-bond acceptors (Lipinski definition) is 0. The van der Waals surface area contributed by atoms with E-state index in [1.165, 1.54) is 44.9 Å². The molecular weight excluding hydrogens is 302 g/mol. The van der Waals surface area contributed by atoms with Crippen LogP contribution in [0.5, 0.6) is 0 Å². The molecule has 0 saturated heterocycles. The fourth-order valence-corrected chi connectivity index (χ4v) is 5.49. The Bertz CT molecular complexity index is 406. The first-order valence-electron chi connectivity index (χ1n) is 11.2. The SMILES string of the molecule is CC=C[N+](C)(C(CCC(CC)C(CC)C(C)CC)C(C)C)C1(C)CC1. The van der Waals surface area contributed by atoms with E-state index < -0.39 is 0 Å². The summed E-state index contributed by atoms with van der Waals surface area (Å²) < 4.78 is 1.15. The molecule has 5 unspecified atom stereocenters. The Morgan fingerprint density at radius 1 is 0.960 bits per heavy atom. The fourth-order valence-electron chi connectivity index (χ4n) is 5.49. The summed E-state index contributed by atoms with van der Waals surface area (Å²) in [4.78, 5) is 0. The summed E-state index contributed by atoms with van der Waals surface area (Å²) in [6, 6.07) is 0.743. The molecule has 1 fully saturated rings. The van der Waals surface area contributed by atoms with Crippen LogP contribution in [-0.4, -0.2) is 23.1 Å². The minimum Gasteiger partial charge on any atom is -0.293 e. The summed E-state index contributed by atoms with van der Waals surface area (Å²) in [6.45, 7) is 19.3. The number of hydrogen-bond donors (Lipinski definition) is 0. The lowest BCUT2D eigenvalue weighted by Gasteiger charge is -2.46. The summed E-state index contributed by atoms with van der Waals surface area (Å²) >= 11 is 0. The van der Waals surface area contributed by atoms with Gasteiger partial charge < -0.3 is 0 Å². The Morgan fingerprint density at radius 2 is 1.56 bits per heavy atom. The van der Waals surface area contributed by atoms with E-state index in [4.69, 9.17) is 0 Å². The molecule has 0 amide bonds. The van der Waals surface area contributed by atoms with E-state index in [1.54, 1.807) is 0 Å². The summed E-state index contributed by atoms with van der Waals surface area (Å²) in [6.07, 6.45) is 14.4. The van der Waals surface area contributed by atoms with Gasteiger partial charge in [-0.15, -0.1) is 0 Å². The third-order valence-corrected chi connectivity index (χ3v) is 7.86. The van der Waals surface area contributed by atoms with Gasteiger partial charge >= 0.3 is 0 Å². The van der Waals surface area contributed by atoms with Gasteiger partial charge in [-0.05, 0) is 44.1 Å². The minimum atomic E-state index is 0.476. The van der Waals surface area contributed by atoms with E-state index in [1.807, 2.05) is 0 Å². The van der Waals surface area contributed by atoms with Crippen LogP contribution in [0.25, 0.3) is 0 Å². The zero-order valence-electron chi connectivity index (χ0n) is 18.9. The van der Waals surface area contributed by atoms with Gasteiger partial charge in [0, 0.05) is 25.2 Å². The fraction of sp³-hybridized carbons (Fsp3) is 0.917. The molecule has 0 aromatic heterocycles. The highest BCUT2D eigenvalue weighted by atomic mass is 15.4. The van der Waals surface area contributed by atoms with Crippen LogP contribution in [-0.2, 0) is 0 Å². The molecule has 148 valence electrons. The number of rotatable bonds is 12. The molecular formula is C24H48N+. The van der Waals surface area contributed by atoms with Gasteiger partial charge in [0.2, 0.25) is 0 Å². The quantitative estimate of drug-likeness (QED) is 0.321. The first kappa shape index (κ1) is 22.7. The molecule has 0 spiro atoms. The lowest BCUT2D eigenvalue weighted by atomic mass is 9.75. The van der Waals surface area contributed by atoms with Crippen molar-refractivity contribution >= 4 is 0 Å². The lowest BCUT2D eigenvalue weighted by molar-refractivity contribution is -0.922. The van der Waals surface area contributed by atoms with Crippen LogP contribution in [0.4, 0.5) is 0 Å². The molecule has 0 N–H and O–H groups in total. The molecule has 1 aliphatic carbocycles. The summed E-state index contributed by atoms with van der Waals surface area (Å²) in [5, 5.41) is 0. The van der Waals surface area contributed by atoms with Gasteiger partial charge in [-0.25, -0.2) is 0 Å². The van der Waals surface area contributed by atoms with E-state index in [2.05, 4.69) is 74.7 Å². The van der Waals surface area contributed by atoms with E-state index in [9.17, 15) is 0 Å². The molecule has 0 radical (unpaired) electrons. The van der Waals surface area contributed by atoms with Crippen molar-refractivity contribution in [3.05, 3.63) is 12.3 Å². The standard InChI is InChI=1S/C24H48N/c1-10-18-25(9,24(8)16-17-24)23(19(5)6)15-14-21(12-3)22(13-4)20(7)11-2/h10,18-23H,11-17H2,1-9H3/q+1.